The minimum atomic E-state index is -0.0121. The van der Waals surface area contributed by atoms with Gasteiger partial charge in [0.25, 0.3) is 5.91 Å². The van der Waals surface area contributed by atoms with E-state index in [1.807, 2.05) is 4.90 Å². The molecular weight excluding hydrogens is 226 g/mol. The van der Waals surface area contributed by atoms with Gasteiger partial charge in [-0.1, -0.05) is 13.8 Å². The average molecular weight is 242 g/mol. The van der Waals surface area contributed by atoms with Crippen LogP contribution in [0, 0.1) is 11.8 Å². The average Bonchev–Trinajstić information content (AvgIpc) is 2.84. The summed E-state index contributed by atoms with van der Waals surface area (Å²) < 4.78 is 4.94. The van der Waals surface area contributed by atoms with E-state index in [1.165, 1.54) is 6.26 Å². The van der Waals surface area contributed by atoms with E-state index in [4.69, 9.17) is 16.0 Å². The minimum Gasteiger partial charge on any atom is -0.452 e. The van der Waals surface area contributed by atoms with Gasteiger partial charge in [-0.3, -0.25) is 4.79 Å². The Morgan fingerprint density at radius 2 is 2.38 bits per heavy atom. The van der Waals surface area contributed by atoms with Gasteiger partial charge in [0.2, 0.25) is 5.22 Å². The topological polar surface area (TPSA) is 33.5 Å². The summed E-state index contributed by atoms with van der Waals surface area (Å²) in [6.07, 6.45) is 2.53. The smallest absolute Gasteiger partial charge is 0.258 e. The second-order valence-electron chi connectivity index (χ2n) is 4.65. The number of carbonyl (C=O) groups excluding carboxylic acids is 1. The Bertz CT molecular complexity index is 386. The first kappa shape index (κ1) is 11.5. The lowest BCUT2D eigenvalue weighted by atomic mass is 9.95. The summed E-state index contributed by atoms with van der Waals surface area (Å²) in [6.45, 7) is 6.05. The van der Waals surface area contributed by atoms with Crippen molar-refractivity contribution in [1.29, 1.82) is 0 Å². The van der Waals surface area contributed by atoms with Crippen LogP contribution in [0.25, 0.3) is 0 Å². The molecule has 0 N–H and O–H groups in total. The highest BCUT2D eigenvalue weighted by Crippen LogP contribution is 2.26. The summed E-state index contributed by atoms with van der Waals surface area (Å²) in [5.74, 6) is 1.22. The van der Waals surface area contributed by atoms with Crippen molar-refractivity contribution < 1.29 is 9.21 Å². The van der Waals surface area contributed by atoms with Gasteiger partial charge in [0, 0.05) is 13.1 Å². The van der Waals surface area contributed by atoms with E-state index >= 15 is 0 Å². The zero-order valence-corrected chi connectivity index (χ0v) is 10.3. The number of likely N-dealkylation sites (tertiary alicyclic amines) is 1. The molecule has 1 amide bonds. The predicted octanol–water partition coefficient (Wildman–Crippen LogP) is 3.05. The Morgan fingerprint density at radius 1 is 1.62 bits per heavy atom. The lowest BCUT2D eigenvalue weighted by Gasteiger charge is -2.17. The lowest BCUT2D eigenvalue weighted by molar-refractivity contribution is 0.0783. The molecule has 1 aromatic heterocycles. The molecule has 0 saturated carbocycles. The molecule has 3 nitrogen and oxygen atoms in total. The molecule has 1 saturated heterocycles. The molecule has 0 aliphatic carbocycles. The molecule has 88 valence electrons. The van der Waals surface area contributed by atoms with Gasteiger partial charge in [0.1, 0.15) is 0 Å². The standard InChI is InChI=1S/C12H16ClNO2/c1-8(2)9-3-5-14(7-9)12(15)10-4-6-16-11(10)13/h4,6,8-9H,3,5,7H2,1-2H3. The Labute approximate surface area is 100 Å². The van der Waals surface area contributed by atoms with Crippen molar-refractivity contribution in [3.8, 4) is 0 Å². The molecule has 2 rings (SSSR count). The summed E-state index contributed by atoms with van der Waals surface area (Å²) in [5.41, 5.74) is 0.478. The summed E-state index contributed by atoms with van der Waals surface area (Å²) in [7, 11) is 0. The Balaban J connectivity index is 2.05. The zero-order valence-electron chi connectivity index (χ0n) is 9.57. The highest BCUT2D eigenvalue weighted by Gasteiger charge is 2.30. The van der Waals surface area contributed by atoms with E-state index in [2.05, 4.69) is 13.8 Å². The van der Waals surface area contributed by atoms with Crippen molar-refractivity contribution in [1.82, 2.24) is 4.90 Å². The number of hydrogen-bond donors (Lipinski definition) is 0. The third-order valence-corrected chi connectivity index (χ3v) is 3.60. The maximum absolute atomic E-state index is 12.1. The van der Waals surface area contributed by atoms with Crippen LogP contribution in [0.2, 0.25) is 5.22 Å². The van der Waals surface area contributed by atoms with Gasteiger partial charge in [-0.15, -0.1) is 0 Å². The molecule has 0 radical (unpaired) electrons. The summed E-state index contributed by atoms with van der Waals surface area (Å²) in [6, 6.07) is 1.63. The van der Waals surface area contributed by atoms with Crippen molar-refractivity contribution in [2.24, 2.45) is 11.8 Å². The summed E-state index contributed by atoms with van der Waals surface area (Å²) in [4.78, 5) is 13.9. The van der Waals surface area contributed by atoms with Crippen LogP contribution in [0.5, 0.6) is 0 Å². The first-order chi connectivity index (χ1) is 7.59. The third-order valence-electron chi connectivity index (χ3n) is 3.30. The second-order valence-corrected chi connectivity index (χ2v) is 5.00. The van der Waals surface area contributed by atoms with Gasteiger partial charge in [0.05, 0.1) is 11.8 Å². The lowest BCUT2D eigenvalue weighted by Crippen LogP contribution is -2.29. The van der Waals surface area contributed by atoms with Crippen LogP contribution in [-0.4, -0.2) is 23.9 Å². The molecule has 1 aliphatic rings. The normalized spacial score (nSPS) is 20.8. The zero-order chi connectivity index (χ0) is 11.7. The van der Waals surface area contributed by atoms with Crippen molar-refractivity contribution in [3.63, 3.8) is 0 Å². The highest BCUT2D eigenvalue weighted by atomic mass is 35.5. The summed E-state index contributed by atoms with van der Waals surface area (Å²) in [5, 5.41) is 0.193. The fourth-order valence-electron chi connectivity index (χ4n) is 2.13. The Hall–Kier alpha value is -0.960. The van der Waals surface area contributed by atoms with Gasteiger partial charge in [-0.25, -0.2) is 0 Å². The molecule has 1 atom stereocenters. The maximum atomic E-state index is 12.1. The summed E-state index contributed by atoms with van der Waals surface area (Å²) >= 11 is 5.80. The van der Waals surface area contributed by atoms with Crippen LogP contribution in [0.15, 0.2) is 16.7 Å². The van der Waals surface area contributed by atoms with Gasteiger partial charge in [-0.2, -0.15) is 0 Å². The fraction of sp³-hybridized carbons (Fsp3) is 0.583. The number of rotatable bonds is 2. The Kier molecular flexibility index (Phi) is 3.24. The highest BCUT2D eigenvalue weighted by molar-refractivity contribution is 6.32. The van der Waals surface area contributed by atoms with Crippen molar-refractivity contribution in [2.45, 2.75) is 20.3 Å². The number of hydrogen-bond acceptors (Lipinski definition) is 2. The monoisotopic (exact) mass is 241 g/mol. The molecule has 16 heavy (non-hydrogen) atoms. The van der Waals surface area contributed by atoms with E-state index in [9.17, 15) is 4.79 Å². The molecule has 0 spiro atoms. The number of carbonyl (C=O) groups is 1. The van der Waals surface area contributed by atoms with Crippen LogP contribution >= 0.6 is 11.6 Å². The van der Waals surface area contributed by atoms with Gasteiger partial charge >= 0.3 is 0 Å². The molecule has 0 aromatic carbocycles. The van der Waals surface area contributed by atoms with Crippen molar-refractivity contribution in [2.75, 3.05) is 13.1 Å². The number of furan rings is 1. The van der Waals surface area contributed by atoms with E-state index in [0.717, 1.165) is 19.5 Å². The quantitative estimate of drug-likeness (QED) is 0.798. The largest absolute Gasteiger partial charge is 0.452 e. The van der Waals surface area contributed by atoms with Crippen LogP contribution in [-0.2, 0) is 0 Å². The molecule has 1 unspecified atom stereocenters. The second kappa shape index (κ2) is 4.50. The van der Waals surface area contributed by atoms with E-state index < -0.39 is 0 Å². The first-order valence-electron chi connectivity index (χ1n) is 5.62. The molecule has 1 aromatic rings. The molecular formula is C12H16ClNO2. The van der Waals surface area contributed by atoms with Gasteiger partial charge in [-0.05, 0) is 35.9 Å². The van der Waals surface area contributed by atoms with E-state index in [-0.39, 0.29) is 11.1 Å². The predicted molar refractivity (Wildman–Crippen MR) is 62.6 cm³/mol. The molecule has 4 heteroatoms. The molecule has 0 bridgehead atoms. The number of nitrogens with zero attached hydrogens (tertiary/aromatic N) is 1. The van der Waals surface area contributed by atoms with Crippen LogP contribution in [0.1, 0.15) is 30.6 Å². The molecule has 1 fully saturated rings. The molecule has 2 heterocycles. The van der Waals surface area contributed by atoms with Crippen molar-refractivity contribution in [3.05, 3.63) is 23.1 Å². The van der Waals surface area contributed by atoms with E-state index in [0.29, 0.717) is 17.4 Å². The van der Waals surface area contributed by atoms with Crippen LogP contribution < -0.4 is 0 Å². The third kappa shape index (κ3) is 2.09. The van der Waals surface area contributed by atoms with Gasteiger partial charge < -0.3 is 9.32 Å². The fourth-order valence-corrected chi connectivity index (χ4v) is 2.33. The minimum absolute atomic E-state index is 0.0121. The van der Waals surface area contributed by atoms with Crippen molar-refractivity contribution >= 4 is 17.5 Å². The SMILES string of the molecule is CC(C)C1CCN(C(=O)c2ccoc2Cl)C1. The number of halogens is 1. The Morgan fingerprint density at radius 3 is 2.88 bits per heavy atom. The van der Waals surface area contributed by atoms with Gasteiger partial charge in [0.15, 0.2) is 0 Å². The van der Waals surface area contributed by atoms with Crippen LogP contribution in [0.4, 0.5) is 0 Å². The maximum Gasteiger partial charge on any atom is 0.258 e. The molecule has 1 aliphatic heterocycles. The van der Waals surface area contributed by atoms with E-state index in [1.54, 1.807) is 6.07 Å². The number of amides is 1. The van der Waals surface area contributed by atoms with Crippen LogP contribution in [0.3, 0.4) is 0 Å². The first-order valence-corrected chi connectivity index (χ1v) is 5.99.